The average Bonchev–Trinajstić information content (AvgIpc) is 3.50. The molecule has 0 N–H and O–H groups in total. The third-order valence-corrected chi connectivity index (χ3v) is 9.00. The molecule has 3 aromatic carbocycles. The summed E-state index contributed by atoms with van der Waals surface area (Å²) in [5.41, 5.74) is 14.1. The smallest absolute Gasteiger partial charge is 0.0487 e. The van der Waals surface area contributed by atoms with Gasteiger partial charge in [-0.05, 0) is 108 Å². The molecule has 0 aromatic heterocycles. The molecule has 2 aliphatic carbocycles. The lowest BCUT2D eigenvalue weighted by atomic mass is 10.0. The van der Waals surface area contributed by atoms with Gasteiger partial charge in [0.2, 0.25) is 0 Å². The van der Waals surface area contributed by atoms with Gasteiger partial charge in [-0.25, -0.2) is 0 Å². The van der Waals surface area contributed by atoms with Crippen LogP contribution in [0.5, 0.6) is 0 Å². The summed E-state index contributed by atoms with van der Waals surface area (Å²) in [5, 5.41) is 0. The van der Waals surface area contributed by atoms with Gasteiger partial charge in [0.15, 0.2) is 0 Å². The maximum Gasteiger partial charge on any atom is 0.0487 e. The quantitative estimate of drug-likeness (QED) is 0.170. The molecule has 0 atom stereocenters. The molecule has 0 radical (unpaired) electrons. The number of likely N-dealkylation sites (N-methyl/N-ethyl adjacent to an activating group) is 1. The van der Waals surface area contributed by atoms with Gasteiger partial charge < -0.3 is 9.80 Å². The fourth-order valence-electron chi connectivity index (χ4n) is 6.12. The van der Waals surface area contributed by atoms with Gasteiger partial charge in [0.05, 0.1) is 0 Å². The second-order valence-corrected chi connectivity index (χ2v) is 12.5. The van der Waals surface area contributed by atoms with Gasteiger partial charge in [-0.1, -0.05) is 147 Å². The van der Waals surface area contributed by atoms with E-state index in [1.165, 1.54) is 33.5 Å². The standard InChI is InChI=1S/C48H48N2/c1-7-15-39(9-3)43-27-33-47(34-28-43)50(46-21-13-19-42(26-32-46)41-17-11-10-12-18-41)48-35-29-44(25-24-38(48)5)40(16-8-2)20-14-36-49(6)45-30-22-37(4)23-31-45/h7-18,20-24,26-35H,1-3,19,25,36H2,4-6H3/b20-14-,39-15+,40-16+. The van der Waals surface area contributed by atoms with E-state index in [9.17, 15) is 0 Å². The zero-order valence-electron chi connectivity index (χ0n) is 29.7. The van der Waals surface area contributed by atoms with E-state index in [2.05, 4.69) is 190 Å². The first-order valence-electron chi connectivity index (χ1n) is 17.3. The van der Waals surface area contributed by atoms with Crippen LogP contribution < -0.4 is 9.80 Å². The number of hydrogen-bond acceptors (Lipinski definition) is 2. The molecule has 0 saturated heterocycles. The topological polar surface area (TPSA) is 6.48 Å². The van der Waals surface area contributed by atoms with Crippen LogP contribution in [-0.4, -0.2) is 13.6 Å². The summed E-state index contributed by atoms with van der Waals surface area (Å²) in [6, 6.07) is 28.0. The normalized spacial score (nSPS) is 15.1. The van der Waals surface area contributed by atoms with Gasteiger partial charge in [0, 0.05) is 36.4 Å². The van der Waals surface area contributed by atoms with Gasteiger partial charge in [0.1, 0.15) is 0 Å². The summed E-state index contributed by atoms with van der Waals surface area (Å²) < 4.78 is 0. The molecule has 2 heteroatoms. The molecule has 0 amide bonds. The van der Waals surface area contributed by atoms with E-state index in [0.717, 1.165) is 53.2 Å². The predicted molar refractivity (Wildman–Crippen MR) is 220 cm³/mol. The highest BCUT2D eigenvalue weighted by atomic mass is 15.2. The molecule has 5 rings (SSSR count). The Bertz CT molecular complexity index is 1960. The summed E-state index contributed by atoms with van der Waals surface area (Å²) in [7, 11) is 2.13. The van der Waals surface area contributed by atoms with E-state index in [4.69, 9.17) is 0 Å². The largest absolute Gasteiger partial charge is 0.371 e. The highest BCUT2D eigenvalue weighted by Gasteiger charge is 2.19. The van der Waals surface area contributed by atoms with Crippen molar-refractivity contribution in [2.24, 2.45) is 0 Å². The van der Waals surface area contributed by atoms with Crippen molar-refractivity contribution in [2.45, 2.75) is 26.7 Å². The van der Waals surface area contributed by atoms with E-state index in [1.807, 2.05) is 18.2 Å². The number of benzene rings is 3. The molecule has 0 bridgehead atoms. The summed E-state index contributed by atoms with van der Waals surface area (Å²) in [5.74, 6) is 0. The number of rotatable bonds is 13. The summed E-state index contributed by atoms with van der Waals surface area (Å²) in [6.45, 7) is 17.0. The van der Waals surface area contributed by atoms with Crippen LogP contribution in [0.15, 0.2) is 212 Å². The number of hydrogen-bond donors (Lipinski definition) is 0. The highest BCUT2D eigenvalue weighted by Crippen LogP contribution is 2.35. The van der Waals surface area contributed by atoms with Gasteiger partial charge in [-0.2, -0.15) is 0 Å². The third kappa shape index (κ3) is 8.98. The van der Waals surface area contributed by atoms with E-state index in [-0.39, 0.29) is 0 Å². The van der Waals surface area contributed by atoms with Crippen molar-refractivity contribution in [3.63, 3.8) is 0 Å². The zero-order chi connectivity index (χ0) is 35.3. The molecule has 0 aliphatic heterocycles. The van der Waals surface area contributed by atoms with Crippen LogP contribution in [0.25, 0.3) is 11.1 Å². The fraction of sp³-hybridized carbons (Fsp3) is 0.125. The van der Waals surface area contributed by atoms with Crippen LogP contribution >= 0.6 is 0 Å². The lowest BCUT2D eigenvalue weighted by molar-refractivity contribution is 1.03. The van der Waals surface area contributed by atoms with E-state index in [0.29, 0.717) is 0 Å². The molecule has 2 nitrogen and oxygen atoms in total. The molecule has 0 unspecified atom stereocenters. The van der Waals surface area contributed by atoms with Gasteiger partial charge >= 0.3 is 0 Å². The van der Waals surface area contributed by atoms with Gasteiger partial charge in [-0.15, -0.1) is 0 Å². The van der Waals surface area contributed by atoms with Crippen LogP contribution in [0.1, 0.15) is 36.5 Å². The van der Waals surface area contributed by atoms with Crippen molar-refractivity contribution in [3.8, 4) is 0 Å². The number of anilines is 2. The van der Waals surface area contributed by atoms with Crippen LogP contribution in [0, 0.1) is 6.92 Å². The lowest BCUT2D eigenvalue weighted by Gasteiger charge is -2.29. The lowest BCUT2D eigenvalue weighted by Crippen LogP contribution is -2.21. The Labute approximate surface area is 300 Å². The van der Waals surface area contributed by atoms with Gasteiger partial charge in [-0.3, -0.25) is 0 Å². The molecule has 0 saturated carbocycles. The first kappa shape index (κ1) is 35.4. The average molecular weight is 653 g/mol. The monoisotopic (exact) mass is 652 g/mol. The summed E-state index contributed by atoms with van der Waals surface area (Å²) in [4.78, 5) is 4.62. The minimum absolute atomic E-state index is 0.805. The minimum atomic E-state index is 0.805. The van der Waals surface area contributed by atoms with E-state index < -0.39 is 0 Å². The SMILES string of the molecule is C=C/C=C(\C=C/CN(C)c1ccc(C)cc1)C1=CC=C(N(C2=CC=C(c3ccccc3)CC=C2)c2ccc(/C(C=C)=C/C=C)cc2)C(C)=CC1. The Kier molecular flexibility index (Phi) is 12.4. The Morgan fingerprint density at radius 2 is 1.44 bits per heavy atom. The molecule has 0 spiro atoms. The van der Waals surface area contributed by atoms with Crippen molar-refractivity contribution in [2.75, 3.05) is 23.4 Å². The summed E-state index contributed by atoms with van der Waals surface area (Å²) >= 11 is 0. The molecule has 250 valence electrons. The Balaban J connectivity index is 1.52. The minimum Gasteiger partial charge on any atom is -0.371 e. The Morgan fingerprint density at radius 3 is 2.14 bits per heavy atom. The van der Waals surface area contributed by atoms with Gasteiger partial charge in [0.25, 0.3) is 0 Å². The molecule has 0 fully saturated rings. The number of allylic oxidation sites excluding steroid dienone is 18. The van der Waals surface area contributed by atoms with Crippen molar-refractivity contribution in [1.29, 1.82) is 0 Å². The van der Waals surface area contributed by atoms with Crippen molar-refractivity contribution in [1.82, 2.24) is 0 Å². The zero-order valence-corrected chi connectivity index (χ0v) is 29.7. The summed E-state index contributed by atoms with van der Waals surface area (Å²) in [6.07, 6.45) is 31.7. The van der Waals surface area contributed by atoms with Crippen LogP contribution in [-0.2, 0) is 0 Å². The maximum atomic E-state index is 4.03. The highest BCUT2D eigenvalue weighted by molar-refractivity contribution is 5.77. The maximum absolute atomic E-state index is 4.03. The number of aryl methyl sites for hydroxylation is 1. The third-order valence-electron chi connectivity index (χ3n) is 9.00. The van der Waals surface area contributed by atoms with Crippen LogP contribution in [0.3, 0.4) is 0 Å². The van der Waals surface area contributed by atoms with Crippen molar-refractivity contribution < 1.29 is 0 Å². The predicted octanol–water partition coefficient (Wildman–Crippen LogP) is 12.4. The molecular formula is C48H48N2. The molecule has 50 heavy (non-hydrogen) atoms. The van der Waals surface area contributed by atoms with Crippen molar-refractivity contribution >= 4 is 22.5 Å². The van der Waals surface area contributed by atoms with E-state index in [1.54, 1.807) is 6.08 Å². The first-order chi connectivity index (χ1) is 24.4. The second kappa shape index (κ2) is 17.5. The fourth-order valence-corrected chi connectivity index (χ4v) is 6.12. The van der Waals surface area contributed by atoms with Crippen LogP contribution in [0.4, 0.5) is 11.4 Å². The Morgan fingerprint density at radius 1 is 0.740 bits per heavy atom. The first-order valence-corrected chi connectivity index (χ1v) is 17.3. The van der Waals surface area contributed by atoms with Crippen molar-refractivity contribution in [3.05, 3.63) is 228 Å². The molecular weight excluding hydrogens is 605 g/mol. The molecule has 2 aliphatic rings. The van der Waals surface area contributed by atoms with Crippen LogP contribution in [0.2, 0.25) is 0 Å². The molecule has 3 aromatic rings. The second-order valence-electron chi connectivity index (χ2n) is 12.5. The molecule has 0 heterocycles. The Hall–Kier alpha value is -5.86. The number of nitrogens with zero attached hydrogens (tertiary/aromatic N) is 2. The van der Waals surface area contributed by atoms with E-state index >= 15 is 0 Å².